The molecule has 1 N–H and O–H groups in total. The minimum absolute atomic E-state index is 0.714. The van der Waals surface area contributed by atoms with Crippen LogP contribution >= 0.6 is 15.9 Å². The van der Waals surface area contributed by atoms with Crippen LogP contribution in [-0.4, -0.2) is 37.6 Å². The van der Waals surface area contributed by atoms with Crippen LogP contribution < -0.4 is 5.32 Å². The average Bonchev–Trinajstić information content (AvgIpc) is 2.38. The quantitative estimate of drug-likeness (QED) is 0.919. The predicted molar refractivity (Wildman–Crippen MR) is 76.4 cm³/mol. The van der Waals surface area contributed by atoms with Gasteiger partial charge in [-0.05, 0) is 44.5 Å². The second-order valence-corrected chi connectivity index (χ2v) is 5.68. The van der Waals surface area contributed by atoms with Crippen LogP contribution in [0, 0.1) is 0 Å². The number of benzene rings is 1. The lowest BCUT2D eigenvalue weighted by molar-refractivity contribution is 0.205. The Balaban J connectivity index is 1.83. The Morgan fingerprint density at radius 2 is 2.24 bits per heavy atom. The van der Waals surface area contributed by atoms with Gasteiger partial charge in [0.15, 0.2) is 0 Å². The summed E-state index contributed by atoms with van der Waals surface area (Å²) in [6, 6.07) is 9.23. The summed E-state index contributed by atoms with van der Waals surface area (Å²) in [5.41, 5.74) is 1.41. The maximum Gasteiger partial charge on any atom is 0.0218 e. The van der Waals surface area contributed by atoms with E-state index in [2.05, 4.69) is 57.5 Å². The normalized spacial score (nSPS) is 20.8. The van der Waals surface area contributed by atoms with Crippen molar-refractivity contribution in [3.8, 4) is 0 Å². The van der Waals surface area contributed by atoms with Crippen LogP contribution in [0.2, 0.25) is 0 Å². The smallest absolute Gasteiger partial charge is 0.0218 e. The summed E-state index contributed by atoms with van der Waals surface area (Å²) in [5.74, 6) is 0. The lowest BCUT2D eigenvalue weighted by Crippen LogP contribution is -2.44. The molecule has 2 rings (SSSR count). The van der Waals surface area contributed by atoms with Crippen LogP contribution in [0.25, 0.3) is 0 Å². The third kappa shape index (κ3) is 3.80. The topological polar surface area (TPSA) is 15.3 Å². The van der Waals surface area contributed by atoms with Gasteiger partial charge in [0.2, 0.25) is 0 Å². The molecule has 2 nitrogen and oxygen atoms in total. The molecule has 1 unspecified atom stereocenters. The number of nitrogens with zero attached hydrogens (tertiary/aromatic N) is 1. The van der Waals surface area contributed by atoms with Gasteiger partial charge in [-0.1, -0.05) is 34.1 Å². The highest BCUT2D eigenvalue weighted by molar-refractivity contribution is 9.10. The van der Waals surface area contributed by atoms with E-state index < -0.39 is 0 Å². The molecule has 1 aromatic carbocycles. The van der Waals surface area contributed by atoms with Crippen LogP contribution in [-0.2, 0) is 6.42 Å². The molecule has 0 spiro atoms. The summed E-state index contributed by atoms with van der Waals surface area (Å²) in [7, 11) is 2.24. The maximum absolute atomic E-state index is 3.61. The van der Waals surface area contributed by atoms with Gasteiger partial charge in [0.25, 0.3) is 0 Å². The number of hydrogen-bond acceptors (Lipinski definition) is 2. The molecule has 1 aliphatic heterocycles. The summed E-state index contributed by atoms with van der Waals surface area (Å²) in [4.78, 5) is 2.49. The molecule has 0 saturated carbocycles. The van der Waals surface area contributed by atoms with E-state index in [4.69, 9.17) is 0 Å². The van der Waals surface area contributed by atoms with E-state index in [1.165, 1.54) is 29.4 Å². The molecule has 1 aromatic rings. The van der Waals surface area contributed by atoms with Gasteiger partial charge in [0, 0.05) is 23.6 Å². The number of nitrogens with one attached hydrogen (secondary N) is 1. The molecule has 0 aliphatic carbocycles. The van der Waals surface area contributed by atoms with Gasteiger partial charge in [-0.25, -0.2) is 0 Å². The average molecular weight is 297 g/mol. The van der Waals surface area contributed by atoms with Gasteiger partial charge in [0.1, 0.15) is 0 Å². The lowest BCUT2D eigenvalue weighted by Gasteiger charge is -2.31. The summed E-state index contributed by atoms with van der Waals surface area (Å²) in [6.07, 6.45) is 3.76. The number of likely N-dealkylation sites (N-methyl/N-ethyl adjacent to an activating group) is 1. The molecule has 1 heterocycles. The minimum atomic E-state index is 0.714. The highest BCUT2D eigenvalue weighted by Gasteiger charge is 2.17. The maximum atomic E-state index is 3.61. The van der Waals surface area contributed by atoms with E-state index >= 15 is 0 Å². The van der Waals surface area contributed by atoms with E-state index in [-0.39, 0.29) is 0 Å². The Morgan fingerprint density at radius 3 is 2.94 bits per heavy atom. The van der Waals surface area contributed by atoms with Crippen molar-refractivity contribution in [1.29, 1.82) is 0 Å². The highest BCUT2D eigenvalue weighted by atomic mass is 79.9. The number of hydrogen-bond donors (Lipinski definition) is 1. The van der Waals surface area contributed by atoms with Gasteiger partial charge in [0.05, 0.1) is 0 Å². The third-order valence-corrected chi connectivity index (χ3v) is 4.36. The van der Waals surface area contributed by atoms with E-state index in [1.54, 1.807) is 0 Å². The Labute approximate surface area is 113 Å². The second-order valence-electron chi connectivity index (χ2n) is 4.82. The van der Waals surface area contributed by atoms with Gasteiger partial charge < -0.3 is 10.2 Å². The van der Waals surface area contributed by atoms with Crippen molar-refractivity contribution in [3.63, 3.8) is 0 Å². The molecule has 1 aliphatic rings. The number of piperidine rings is 1. The first-order chi connectivity index (χ1) is 8.27. The molecule has 1 atom stereocenters. The number of rotatable bonds is 4. The van der Waals surface area contributed by atoms with Crippen LogP contribution in [0.15, 0.2) is 28.7 Å². The van der Waals surface area contributed by atoms with Crippen LogP contribution in [0.1, 0.15) is 18.4 Å². The fourth-order valence-corrected chi connectivity index (χ4v) is 2.87. The standard InChI is InChI=1S/C14H21BrN2/c1-17(13-6-4-9-16-11-13)10-8-12-5-2-3-7-14(12)15/h2-3,5,7,13,16H,4,6,8-11H2,1H3. The summed E-state index contributed by atoms with van der Waals surface area (Å²) < 4.78 is 1.23. The molecule has 1 fully saturated rings. The van der Waals surface area contributed by atoms with E-state index in [0.29, 0.717) is 6.04 Å². The Bertz CT molecular complexity index is 348. The van der Waals surface area contributed by atoms with E-state index in [1.807, 2.05) is 0 Å². The number of halogens is 1. The largest absolute Gasteiger partial charge is 0.315 e. The zero-order valence-corrected chi connectivity index (χ0v) is 12.0. The molecule has 0 aromatic heterocycles. The van der Waals surface area contributed by atoms with Gasteiger partial charge >= 0.3 is 0 Å². The van der Waals surface area contributed by atoms with Gasteiger partial charge in [-0.15, -0.1) is 0 Å². The first-order valence-corrected chi connectivity index (χ1v) is 7.21. The predicted octanol–water partition coefficient (Wildman–Crippen LogP) is 2.68. The first-order valence-electron chi connectivity index (χ1n) is 6.42. The molecule has 0 radical (unpaired) electrons. The Morgan fingerprint density at radius 1 is 1.41 bits per heavy atom. The zero-order valence-electron chi connectivity index (χ0n) is 10.5. The first kappa shape index (κ1) is 13.1. The van der Waals surface area contributed by atoms with Crippen molar-refractivity contribution in [1.82, 2.24) is 10.2 Å². The SMILES string of the molecule is CN(CCc1ccccc1Br)C1CCCNC1. The lowest BCUT2D eigenvalue weighted by atomic mass is 10.1. The molecule has 0 amide bonds. The van der Waals surface area contributed by atoms with E-state index in [9.17, 15) is 0 Å². The fourth-order valence-electron chi connectivity index (χ4n) is 2.39. The molecular formula is C14H21BrN2. The monoisotopic (exact) mass is 296 g/mol. The fraction of sp³-hybridized carbons (Fsp3) is 0.571. The highest BCUT2D eigenvalue weighted by Crippen LogP contribution is 2.17. The Kier molecular flexibility index (Phi) is 5.01. The molecule has 1 saturated heterocycles. The Hall–Kier alpha value is -0.380. The van der Waals surface area contributed by atoms with Crippen molar-refractivity contribution in [2.45, 2.75) is 25.3 Å². The van der Waals surface area contributed by atoms with Gasteiger partial charge in [-0.3, -0.25) is 0 Å². The summed E-state index contributed by atoms with van der Waals surface area (Å²) >= 11 is 3.61. The van der Waals surface area contributed by atoms with Crippen molar-refractivity contribution in [2.24, 2.45) is 0 Å². The molecule has 3 heteroatoms. The van der Waals surface area contributed by atoms with Gasteiger partial charge in [-0.2, -0.15) is 0 Å². The minimum Gasteiger partial charge on any atom is -0.315 e. The summed E-state index contributed by atoms with van der Waals surface area (Å²) in [5, 5.41) is 3.47. The molecule has 17 heavy (non-hydrogen) atoms. The van der Waals surface area contributed by atoms with Crippen LogP contribution in [0.3, 0.4) is 0 Å². The van der Waals surface area contributed by atoms with Crippen molar-refractivity contribution < 1.29 is 0 Å². The van der Waals surface area contributed by atoms with E-state index in [0.717, 1.165) is 19.5 Å². The third-order valence-electron chi connectivity index (χ3n) is 3.59. The van der Waals surface area contributed by atoms with Crippen molar-refractivity contribution in [2.75, 3.05) is 26.7 Å². The van der Waals surface area contributed by atoms with Crippen molar-refractivity contribution in [3.05, 3.63) is 34.3 Å². The summed E-state index contributed by atoms with van der Waals surface area (Å²) in [6.45, 7) is 3.47. The second kappa shape index (κ2) is 6.53. The molecule has 0 bridgehead atoms. The molecule has 94 valence electrons. The van der Waals surface area contributed by atoms with Crippen molar-refractivity contribution >= 4 is 15.9 Å². The molecular weight excluding hydrogens is 276 g/mol. The zero-order chi connectivity index (χ0) is 12.1. The van der Waals surface area contributed by atoms with Crippen LogP contribution in [0.5, 0.6) is 0 Å². The van der Waals surface area contributed by atoms with Crippen LogP contribution in [0.4, 0.5) is 0 Å².